The fraction of sp³-hybridized carbons (Fsp3) is 0.368. The van der Waals surface area contributed by atoms with Crippen molar-refractivity contribution >= 4 is 10.0 Å². The average molecular weight is 347 g/mol. The van der Waals surface area contributed by atoms with Gasteiger partial charge in [-0.1, -0.05) is 60.2 Å². The number of benzene rings is 2. The van der Waals surface area contributed by atoms with Crippen LogP contribution in [-0.2, 0) is 15.8 Å². The van der Waals surface area contributed by atoms with Crippen molar-refractivity contribution in [3.8, 4) is 0 Å². The highest BCUT2D eigenvalue weighted by atomic mass is 32.2. The van der Waals surface area contributed by atoms with Crippen molar-refractivity contribution in [1.82, 2.24) is 4.72 Å². The van der Waals surface area contributed by atoms with Crippen LogP contribution in [0.4, 0.5) is 0 Å². The van der Waals surface area contributed by atoms with E-state index in [0.29, 0.717) is 6.42 Å². The Kier molecular flexibility index (Phi) is 6.54. The first-order valence-corrected chi connectivity index (χ1v) is 9.77. The molecule has 0 spiro atoms. The summed E-state index contributed by atoms with van der Waals surface area (Å²) in [6, 6.07) is 17.2. The summed E-state index contributed by atoms with van der Waals surface area (Å²) in [6.07, 6.45) is 0.0215. The maximum atomic E-state index is 12.4. The van der Waals surface area contributed by atoms with Gasteiger partial charge < -0.3 is 5.11 Å². The summed E-state index contributed by atoms with van der Waals surface area (Å²) >= 11 is 0. The highest BCUT2D eigenvalue weighted by Gasteiger charge is 2.18. The van der Waals surface area contributed by atoms with Gasteiger partial charge in [-0.3, -0.25) is 0 Å². The van der Waals surface area contributed by atoms with Gasteiger partial charge >= 0.3 is 0 Å². The third kappa shape index (κ3) is 6.07. The van der Waals surface area contributed by atoms with E-state index in [4.69, 9.17) is 0 Å². The summed E-state index contributed by atoms with van der Waals surface area (Å²) in [5, 5.41) is 9.70. The molecule has 0 saturated heterocycles. The molecule has 0 bridgehead atoms. The molecule has 0 amide bonds. The van der Waals surface area contributed by atoms with E-state index >= 15 is 0 Å². The van der Waals surface area contributed by atoms with Crippen LogP contribution in [0.15, 0.2) is 54.6 Å². The van der Waals surface area contributed by atoms with Crippen LogP contribution in [0.1, 0.15) is 36.0 Å². The topological polar surface area (TPSA) is 66.4 Å². The third-order valence-corrected chi connectivity index (χ3v) is 5.21. The van der Waals surface area contributed by atoms with Crippen molar-refractivity contribution in [2.75, 3.05) is 6.54 Å². The fourth-order valence-electron chi connectivity index (χ4n) is 2.77. The molecular formula is C19H25NO3S. The summed E-state index contributed by atoms with van der Waals surface area (Å²) in [4.78, 5) is 0. The van der Waals surface area contributed by atoms with Crippen LogP contribution in [0.5, 0.6) is 0 Å². The van der Waals surface area contributed by atoms with Gasteiger partial charge in [0.2, 0.25) is 10.0 Å². The highest BCUT2D eigenvalue weighted by molar-refractivity contribution is 7.88. The molecule has 24 heavy (non-hydrogen) atoms. The summed E-state index contributed by atoms with van der Waals surface area (Å²) in [7, 11) is -3.42. The van der Waals surface area contributed by atoms with Gasteiger partial charge in [-0.25, -0.2) is 13.1 Å². The summed E-state index contributed by atoms with van der Waals surface area (Å²) in [5.74, 6) is -0.0938. The molecule has 2 aromatic rings. The summed E-state index contributed by atoms with van der Waals surface area (Å²) in [6.45, 7) is 3.94. The Bertz CT molecular complexity index is 742. The summed E-state index contributed by atoms with van der Waals surface area (Å²) < 4.78 is 27.4. The maximum Gasteiger partial charge on any atom is 0.215 e. The Balaban J connectivity index is 2.04. The number of aryl methyl sites for hydroxylation is 1. The van der Waals surface area contributed by atoms with Gasteiger partial charge in [-0.15, -0.1) is 0 Å². The smallest absolute Gasteiger partial charge is 0.215 e. The number of rotatable bonds is 8. The van der Waals surface area contributed by atoms with Crippen LogP contribution in [-0.4, -0.2) is 26.2 Å². The monoisotopic (exact) mass is 347 g/mol. The van der Waals surface area contributed by atoms with E-state index in [1.54, 1.807) is 6.92 Å². The van der Waals surface area contributed by atoms with E-state index in [9.17, 15) is 13.5 Å². The largest absolute Gasteiger partial charge is 0.393 e. The normalized spacial score (nSPS) is 14.3. The molecule has 0 radical (unpaired) electrons. The molecular weight excluding hydrogens is 322 g/mol. The van der Waals surface area contributed by atoms with Crippen LogP contribution in [0.3, 0.4) is 0 Å². The molecule has 0 heterocycles. The van der Waals surface area contributed by atoms with Crippen molar-refractivity contribution in [3.63, 3.8) is 0 Å². The quantitative estimate of drug-likeness (QED) is 0.771. The zero-order valence-electron chi connectivity index (χ0n) is 14.1. The molecule has 0 aliphatic rings. The number of hydrogen-bond acceptors (Lipinski definition) is 3. The second-order valence-corrected chi connectivity index (χ2v) is 8.10. The van der Waals surface area contributed by atoms with E-state index in [1.807, 2.05) is 61.5 Å². The lowest BCUT2D eigenvalue weighted by molar-refractivity contribution is 0.174. The average Bonchev–Trinajstić information content (AvgIpc) is 2.51. The van der Waals surface area contributed by atoms with Crippen molar-refractivity contribution in [2.45, 2.75) is 38.0 Å². The SMILES string of the molecule is Cc1cccc(CS(=O)(=O)NCC(CC(C)O)c2ccccc2)c1. The Morgan fingerprint density at radius 3 is 2.42 bits per heavy atom. The highest BCUT2D eigenvalue weighted by Crippen LogP contribution is 2.21. The minimum atomic E-state index is -3.42. The minimum absolute atomic E-state index is 0.0368. The van der Waals surface area contributed by atoms with Crippen molar-refractivity contribution in [3.05, 3.63) is 71.3 Å². The van der Waals surface area contributed by atoms with Crippen molar-refractivity contribution in [1.29, 1.82) is 0 Å². The van der Waals surface area contributed by atoms with Gasteiger partial charge in [-0.2, -0.15) is 0 Å². The van der Waals surface area contributed by atoms with E-state index in [2.05, 4.69) is 4.72 Å². The number of hydrogen-bond donors (Lipinski definition) is 2. The van der Waals surface area contributed by atoms with Crippen LogP contribution in [0, 0.1) is 6.92 Å². The lowest BCUT2D eigenvalue weighted by Gasteiger charge is -2.19. The number of nitrogens with one attached hydrogen (secondary N) is 1. The molecule has 5 heteroatoms. The predicted octanol–water partition coefficient (Wildman–Crippen LogP) is 2.97. The second-order valence-electron chi connectivity index (χ2n) is 6.29. The third-order valence-electron chi connectivity index (χ3n) is 3.89. The number of aliphatic hydroxyl groups is 1. The molecule has 2 rings (SSSR count). The van der Waals surface area contributed by atoms with Crippen LogP contribution >= 0.6 is 0 Å². The van der Waals surface area contributed by atoms with Gasteiger partial charge in [0.1, 0.15) is 0 Å². The number of sulfonamides is 1. The molecule has 4 nitrogen and oxygen atoms in total. The second kappa shape index (κ2) is 8.42. The summed E-state index contributed by atoms with van der Waals surface area (Å²) in [5.41, 5.74) is 2.84. The first-order chi connectivity index (χ1) is 11.4. The molecule has 2 unspecified atom stereocenters. The molecule has 0 aromatic heterocycles. The molecule has 0 fully saturated rings. The maximum absolute atomic E-state index is 12.4. The Labute approximate surface area is 144 Å². The molecule has 0 aliphatic heterocycles. The fourth-order valence-corrected chi connectivity index (χ4v) is 3.95. The molecule has 0 saturated carbocycles. The Hall–Kier alpha value is -1.69. The van der Waals surface area contributed by atoms with Crippen molar-refractivity contribution in [2.24, 2.45) is 0 Å². The first kappa shape index (κ1) is 18.6. The van der Waals surface area contributed by atoms with Crippen molar-refractivity contribution < 1.29 is 13.5 Å². The van der Waals surface area contributed by atoms with E-state index < -0.39 is 16.1 Å². The Morgan fingerprint density at radius 1 is 1.08 bits per heavy atom. The lowest BCUT2D eigenvalue weighted by atomic mass is 9.94. The van der Waals surface area contributed by atoms with Gasteiger partial charge in [-0.05, 0) is 37.3 Å². The Morgan fingerprint density at radius 2 is 1.79 bits per heavy atom. The number of aliphatic hydroxyl groups excluding tert-OH is 1. The van der Waals surface area contributed by atoms with Crippen LogP contribution in [0.25, 0.3) is 0 Å². The lowest BCUT2D eigenvalue weighted by Crippen LogP contribution is -2.30. The van der Waals surface area contributed by atoms with E-state index in [0.717, 1.165) is 16.7 Å². The predicted molar refractivity (Wildman–Crippen MR) is 97.3 cm³/mol. The minimum Gasteiger partial charge on any atom is -0.393 e. The van der Waals surface area contributed by atoms with Gasteiger partial charge in [0, 0.05) is 6.54 Å². The van der Waals surface area contributed by atoms with Gasteiger partial charge in [0.05, 0.1) is 11.9 Å². The molecule has 2 atom stereocenters. The first-order valence-electron chi connectivity index (χ1n) is 8.11. The van der Waals surface area contributed by atoms with Crippen LogP contribution < -0.4 is 4.72 Å². The van der Waals surface area contributed by atoms with Gasteiger partial charge in [0.25, 0.3) is 0 Å². The van der Waals surface area contributed by atoms with Gasteiger partial charge in [0.15, 0.2) is 0 Å². The standard InChI is InChI=1S/C19H25NO3S/c1-15-7-6-8-17(11-15)14-24(22,23)20-13-19(12-16(2)21)18-9-4-3-5-10-18/h3-11,16,19-21H,12-14H2,1-2H3. The molecule has 2 aromatic carbocycles. The zero-order chi connectivity index (χ0) is 17.6. The molecule has 130 valence electrons. The van der Waals surface area contributed by atoms with E-state index in [-0.39, 0.29) is 18.2 Å². The zero-order valence-corrected chi connectivity index (χ0v) is 15.0. The van der Waals surface area contributed by atoms with E-state index in [1.165, 1.54) is 0 Å². The van der Waals surface area contributed by atoms with Crippen LogP contribution in [0.2, 0.25) is 0 Å². The molecule has 0 aliphatic carbocycles. The molecule has 2 N–H and O–H groups in total.